The molecule has 0 bridgehead atoms. The summed E-state index contributed by atoms with van der Waals surface area (Å²) in [4.78, 5) is 31.6. The van der Waals surface area contributed by atoms with E-state index in [2.05, 4.69) is 4.99 Å². The molecule has 1 fully saturated rings. The third-order valence-corrected chi connectivity index (χ3v) is 6.81. The summed E-state index contributed by atoms with van der Waals surface area (Å²) in [5.74, 6) is 1.22. The molecule has 3 rings (SSSR count). The minimum atomic E-state index is -0.228. The van der Waals surface area contributed by atoms with Gasteiger partial charge < -0.3 is 18.9 Å². The SMILES string of the molecule is CCOc1ccc2c(c1)sc(=NC(=O)CSCC(=O)N1CCCCC1)n2CCOC. The molecule has 1 saturated heterocycles. The first-order chi connectivity index (χ1) is 14.6. The molecule has 0 N–H and O–H groups in total. The van der Waals surface area contributed by atoms with Gasteiger partial charge in [-0.15, -0.1) is 11.8 Å². The number of thiazole rings is 1. The average Bonchev–Trinajstić information content (AvgIpc) is 3.09. The predicted molar refractivity (Wildman–Crippen MR) is 121 cm³/mol. The average molecular weight is 452 g/mol. The second kappa shape index (κ2) is 11.5. The second-order valence-electron chi connectivity index (χ2n) is 7.03. The summed E-state index contributed by atoms with van der Waals surface area (Å²) in [6.07, 6.45) is 3.34. The first kappa shape index (κ1) is 22.8. The molecular formula is C21H29N3O4S2. The molecule has 9 heteroatoms. The largest absolute Gasteiger partial charge is 0.494 e. The minimum Gasteiger partial charge on any atom is -0.494 e. The first-order valence-electron chi connectivity index (χ1n) is 10.3. The molecule has 0 unspecified atom stereocenters. The highest BCUT2D eigenvalue weighted by Gasteiger charge is 2.16. The van der Waals surface area contributed by atoms with E-state index in [4.69, 9.17) is 9.47 Å². The van der Waals surface area contributed by atoms with Crippen LogP contribution in [0.4, 0.5) is 0 Å². The van der Waals surface area contributed by atoms with Crippen LogP contribution in [0.3, 0.4) is 0 Å². The Morgan fingerprint density at radius 1 is 1.20 bits per heavy atom. The van der Waals surface area contributed by atoms with Crippen LogP contribution in [-0.4, -0.2) is 66.2 Å². The summed E-state index contributed by atoms with van der Waals surface area (Å²) in [7, 11) is 1.65. The molecule has 0 saturated carbocycles. The van der Waals surface area contributed by atoms with Gasteiger partial charge in [-0.25, -0.2) is 0 Å². The van der Waals surface area contributed by atoms with Gasteiger partial charge in [0, 0.05) is 26.7 Å². The van der Waals surface area contributed by atoms with Gasteiger partial charge in [0.15, 0.2) is 4.80 Å². The maximum absolute atomic E-state index is 12.5. The number of piperidine rings is 1. The summed E-state index contributed by atoms with van der Waals surface area (Å²) >= 11 is 2.80. The van der Waals surface area contributed by atoms with Crippen LogP contribution in [0.1, 0.15) is 26.2 Å². The standard InChI is InChI=1S/C21H29N3O4S2/c1-3-28-16-7-8-17-18(13-16)30-21(24(17)11-12-27-2)22-19(25)14-29-15-20(26)23-9-5-4-6-10-23/h7-8,13H,3-6,9-12,14-15H2,1-2H3. The monoisotopic (exact) mass is 451 g/mol. The molecule has 2 heterocycles. The van der Waals surface area contributed by atoms with Gasteiger partial charge in [-0.2, -0.15) is 4.99 Å². The number of likely N-dealkylation sites (tertiary alicyclic amines) is 1. The molecule has 0 atom stereocenters. The van der Waals surface area contributed by atoms with E-state index in [-0.39, 0.29) is 17.6 Å². The van der Waals surface area contributed by atoms with E-state index in [0.29, 0.717) is 30.3 Å². The van der Waals surface area contributed by atoms with Crippen molar-refractivity contribution in [3.63, 3.8) is 0 Å². The summed E-state index contributed by atoms with van der Waals surface area (Å²) in [6, 6.07) is 5.89. The number of rotatable bonds is 9. The molecule has 0 spiro atoms. The number of fused-ring (bicyclic) bond motifs is 1. The lowest BCUT2D eigenvalue weighted by molar-refractivity contribution is -0.129. The minimum absolute atomic E-state index is 0.118. The number of carbonyl (C=O) groups excluding carboxylic acids is 2. The van der Waals surface area contributed by atoms with E-state index in [0.717, 1.165) is 41.9 Å². The van der Waals surface area contributed by atoms with Crippen molar-refractivity contribution < 1.29 is 19.1 Å². The van der Waals surface area contributed by atoms with Crippen molar-refractivity contribution in [3.05, 3.63) is 23.0 Å². The topological polar surface area (TPSA) is 73.1 Å². The number of carbonyl (C=O) groups is 2. The van der Waals surface area contributed by atoms with Crippen molar-refractivity contribution in [2.24, 2.45) is 4.99 Å². The molecule has 2 amide bonds. The van der Waals surface area contributed by atoms with Gasteiger partial charge in [0.1, 0.15) is 5.75 Å². The fraction of sp³-hybridized carbons (Fsp3) is 0.571. The Kier molecular flexibility index (Phi) is 8.77. The first-order valence-corrected chi connectivity index (χ1v) is 12.3. The van der Waals surface area contributed by atoms with Gasteiger partial charge in [-0.1, -0.05) is 11.3 Å². The van der Waals surface area contributed by atoms with E-state index in [1.807, 2.05) is 34.6 Å². The Bertz CT molecular complexity index is 932. The maximum atomic E-state index is 12.5. The molecule has 1 aliphatic heterocycles. The Morgan fingerprint density at radius 2 is 2.00 bits per heavy atom. The smallest absolute Gasteiger partial charge is 0.258 e. The molecule has 1 aromatic carbocycles. The number of amides is 2. The van der Waals surface area contributed by atoms with Crippen LogP contribution in [-0.2, 0) is 20.9 Å². The number of nitrogens with zero attached hydrogens (tertiary/aromatic N) is 3. The van der Waals surface area contributed by atoms with Crippen LogP contribution in [0, 0.1) is 0 Å². The number of thioether (sulfide) groups is 1. The highest BCUT2D eigenvalue weighted by molar-refractivity contribution is 8.00. The number of hydrogen-bond acceptors (Lipinski definition) is 6. The summed E-state index contributed by atoms with van der Waals surface area (Å²) in [5, 5.41) is 0. The van der Waals surface area contributed by atoms with Crippen LogP contribution in [0.5, 0.6) is 5.75 Å². The molecule has 0 aliphatic carbocycles. The van der Waals surface area contributed by atoms with Crippen LogP contribution in [0.2, 0.25) is 0 Å². The molecule has 164 valence electrons. The van der Waals surface area contributed by atoms with Gasteiger partial charge in [0.2, 0.25) is 5.91 Å². The summed E-state index contributed by atoms with van der Waals surface area (Å²) in [5.41, 5.74) is 1.000. The molecule has 7 nitrogen and oxygen atoms in total. The number of benzene rings is 1. The van der Waals surface area contributed by atoms with Crippen molar-refractivity contribution in [1.82, 2.24) is 9.47 Å². The fourth-order valence-corrected chi connectivity index (χ4v) is 5.19. The van der Waals surface area contributed by atoms with Crippen molar-refractivity contribution >= 4 is 45.1 Å². The van der Waals surface area contributed by atoms with E-state index >= 15 is 0 Å². The van der Waals surface area contributed by atoms with Crippen molar-refractivity contribution in [2.45, 2.75) is 32.7 Å². The Balaban J connectivity index is 1.69. The van der Waals surface area contributed by atoms with E-state index in [1.165, 1.54) is 29.5 Å². The molecule has 1 aliphatic rings. The highest BCUT2D eigenvalue weighted by atomic mass is 32.2. The van der Waals surface area contributed by atoms with Gasteiger partial charge in [-0.05, 0) is 44.4 Å². The second-order valence-corrected chi connectivity index (χ2v) is 9.03. The highest BCUT2D eigenvalue weighted by Crippen LogP contribution is 2.23. The van der Waals surface area contributed by atoms with Crippen LogP contribution in [0.25, 0.3) is 10.2 Å². The molecule has 0 radical (unpaired) electrons. The lowest BCUT2D eigenvalue weighted by Crippen LogP contribution is -2.36. The van der Waals surface area contributed by atoms with E-state index in [1.54, 1.807) is 7.11 Å². The number of ether oxygens (including phenoxy) is 2. The molecular weight excluding hydrogens is 422 g/mol. The zero-order valence-electron chi connectivity index (χ0n) is 17.6. The van der Waals surface area contributed by atoms with E-state index in [9.17, 15) is 9.59 Å². The maximum Gasteiger partial charge on any atom is 0.258 e. The molecule has 1 aromatic heterocycles. The van der Waals surface area contributed by atoms with Crippen molar-refractivity contribution in [2.75, 3.05) is 44.9 Å². The van der Waals surface area contributed by atoms with Gasteiger partial charge in [-0.3, -0.25) is 9.59 Å². The van der Waals surface area contributed by atoms with Gasteiger partial charge >= 0.3 is 0 Å². The van der Waals surface area contributed by atoms with Crippen molar-refractivity contribution in [3.8, 4) is 5.75 Å². The van der Waals surface area contributed by atoms with Gasteiger partial charge in [0.25, 0.3) is 5.91 Å². The lowest BCUT2D eigenvalue weighted by atomic mass is 10.1. The zero-order valence-corrected chi connectivity index (χ0v) is 19.2. The molecule has 30 heavy (non-hydrogen) atoms. The molecule has 2 aromatic rings. The Labute approximate surface area is 185 Å². The number of aromatic nitrogens is 1. The van der Waals surface area contributed by atoms with Crippen LogP contribution in [0.15, 0.2) is 23.2 Å². The van der Waals surface area contributed by atoms with Crippen LogP contribution >= 0.6 is 23.1 Å². The predicted octanol–water partition coefficient (Wildman–Crippen LogP) is 2.92. The summed E-state index contributed by atoms with van der Waals surface area (Å²) < 4.78 is 13.8. The van der Waals surface area contributed by atoms with E-state index < -0.39 is 0 Å². The Morgan fingerprint density at radius 3 is 2.73 bits per heavy atom. The third-order valence-electron chi connectivity index (χ3n) is 4.86. The number of methoxy groups -OCH3 is 1. The van der Waals surface area contributed by atoms with Gasteiger partial charge in [0.05, 0.1) is 34.9 Å². The summed E-state index contributed by atoms with van der Waals surface area (Å²) in [6.45, 7) is 5.36. The normalized spacial score (nSPS) is 15.0. The Hall–Kier alpha value is -1.84. The third kappa shape index (κ3) is 6.09. The zero-order chi connectivity index (χ0) is 21.3. The van der Waals surface area contributed by atoms with Crippen LogP contribution < -0.4 is 9.54 Å². The fourth-order valence-electron chi connectivity index (χ4n) is 3.39. The van der Waals surface area contributed by atoms with Crippen molar-refractivity contribution in [1.29, 1.82) is 0 Å². The lowest BCUT2D eigenvalue weighted by Gasteiger charge is -2.26. The number of hydrogen-bond donors (Lipinski definition) is 0. The quantitative estimate of drug-likeness (QED) is 0.586.